The first-order chi connectivity index (χ1) is 9.66. The van der Waals surface area contributed by atoms with Gasteiger partial charge in [0.25, 0.3) is 0 Å². The normalized spacial score (nSPS) is 10.7. The number of aromatic nitrogens is 2. The molecule has 1 aromatic carbocycles. The van der Waals surface area contributed by atoms with Gasteiger partial charge >= 0.3 is 0 Å². The van der Waals surface area contributed by atoms with Crippen LogP contribution in [0.2, 0.25) is 0 Å². The van der Waals surface area contributed by atoms with Crippen molar-refractivity contribution >= 4 is 37.7 Å². The van der Waals surface area contributed by atoms with E-state index >= 15 is 0 Å². The van der Waals surface area contributed by atoms with E-state index in [0.29, 0.717) is 11.6 Å². The second-order valence-electron chi connectivity index (χ2n) is 4.13. The highest BCUT2D eigenvalue weighted by Crippen LogP contribution is 2.39. The van der Waals surface area contributed by atoms with E-state index in [1.54, 1.807) is 12.4 Å². The number of rotatable bonds is 2. The van der Waals surface area contributed by atoms with Crippen molar-refractivity contribution in [1.29, 1.82) is 0 Å². The van der Waals surface area contributed by atoms with Crippen molar-refractivity contribution in [1.82, 2.24) is 10.1 Å². The van der Waals surface area contributed by atoms with Crippen LogP contribution in [0.3, 0.4) is 0 Å². The number of nitrogens with zero attached hydrogens (tertiary/aromatic N) is 2. The van der Waals surface area contributed by atoms with Gasteiger partial charge in [-0.3, -0.25) is 4.98 Å². The average Bonchev–Trinajstić information content (AvgIpc) is 2.81. The van der Waals surface area contributed by atoms with Gasteiger partial charge in [0.2, 0.25) is 5.88 Å². The molecule has 0 aliphatic heterocycles. The Morgan fingerprint density at radius 1 is 1.05 bits per heavy atom. The van der Waals surface area contributed by atoms with Crippen LogP contribution in [0.25, 0.3) is 22.4 Å². The summed E-state index contributed by atoms with van der Waals surface area (Å²) in [5, 5.41) is 4.09. The van der Waals surface area contributed by atoms with Crippen molar-refractivity contribution in [3.05, 3.63) is 51.7 Å². The van der Waals surface area contributed by atoms with Crippen LogP contribution in [0.15, 0.2) is 56.2 Å². The number of pyridine rings is 1. The third kappa shape index (κ3) is 2.36. The van der Waals surface area contributed by atoms with E-state index in [1.165, 1.54) is 0 Å². The van der Waals surface area contributed by atoms with E-state index in [2.05, 4.69) is 42.0 Å². The van der Waals surface area contributed by atoms with Gasteiger partial charge < -0.3 is 10.3 Å². The van der Waals surface area contributed by atoms with Gasteiger partial charge in [0.05, 0.1) is 5.56 Å². The fourth-order valence-corrected chi connectivity index (χ4v) is 3.20. The van der Waals surface area contributed by atoms with Crippen LogP contribution in [-0.4, -0.2) is 10.1 Å². The summed E-state index contributed by atoms with van der Waals surface area (Å²) in [5.41, 5.74) is 9.23. The van der Waals surface area contributed by atoms with Crippen LogP contribution in [0.4, 0.5) is 5.88 Å². The zero-order valence-corrected chi connectivity index (χ0v) is 13.3. The number of hydrogen-bond donors (Lipinski definition) is 1. The predicted molar refractivity (Wildman–Crippen MR) is 85.0 cm³/mol. The molecule has 4 nitrogen and oxygen atoms in total. The summed E-state index contributed by atoms with van der Waals surface area (Å²) in [6.45, 7) is 0. The number of benzene rings is 1. The molecule has 0 spiro atoms. The summed E-state index contributed by atoms with van der Waals surface area (Å²) in [7, 11) is 0. The number of halogens is 2. The second-order valence-corrected chi connectivity index (χ2v) is 5.90. The third-order valence-electron chi connectivity index (χ3n) is 2.87. The lowest BCUT2D eigenvalue weighted by Gasteiger charge is -2.05. The van der Waals surface area contributed by atoms with Gasteiger partial charge in [-0.2, -0.15) is 0 Å². The van der Waals surface area contributed by atoms with Gasteiger partial charge in [0.15, 0.2) is 0 Å². The largest absolute Gasteiger partial charge is 0.367 e. The summed E-state index contributed by atoms with van der Waals surface area (Å²) in [6.07, 6.45) is 3.42. The molecule has 6 heteroatoms. The van der Waals surface area contributed by atoms with Gasteiger partial charge in [-0.05, 0) is 29.8 Å². The molecule has 0 saturated carbocycles. The smallest absolute Gasteiger partial charge is 0.230 e. The molecule has 0 atom stereocenters. The van der Waals surface area contributed by atoms with Crippen LogP contribution in [0.1, 0.15) is 0 Å². The molecule has 0 fully saturated rings. The van der Waals surface area contributed by atoms with Gasteiger partial charge in [0.1, 0.15) is 5.69 Å². The molecule has 0 radical (unpaired) electrons. The van der Waals surface area contributed by atoms with E-state index < -0.39 is 0 Å². The number of nitrogen functional groups attached to an aromatic ring is 1. The van der Waals surface area contributed by atoms with Crippen molar-refractivity contribution in [3.63, 3.8) is 0 Å². The summed E-state index contributed by atoms with van der Waals surface area (Å²) >= 11 is 6.97. The first kappa shape index (κ1) is 13.3. The lowest BCUT2D eigenvalue weighted by atomic mass is 10.0. The van der Waals surface area contributed by atoms with E-state index in [0.717, 1.165) is 25.6 Å². The maximum Gasteiger partial charge on any atom is 0.230 e. The summed E-state index contributed by atoms with van der Waals surface area (Å²) in [6, 6.07) is 9.60. The monoisotopic (exact) mass is 393 g/mol. The Kier molecular flexibility index (Phi) is 3.58. The summed E-state index contributed by atoms with van der Waals surface area (Å²) in [5.74, 6) is 0.293. The molecular formula is C14H9Br2N3O. The Hall–Kier alpha value is -1.66. The second kappa shape index (κ2) is 5.38. The van der Waals surface area contributed by atoms with Crippen molar-refractivity contribution in [2.45, 2.75) is 0 Å². The molecule has 3 rings (SSSR count). The number of anilines is 1. The Bertz CT molecular complexity index is 756. The number of hydrogen-bond acceptors (Lipinski definition) is 4. The van der Waals surface area contributed by atoms with E-state index in [4.69, 9.17) is 10.3 Å². The van der Waals surface area contributed by atoms with Crippen LogP contribution in [0.5, 0.6) is 0 Å². The van der Waals surface area contributed by atoms with Gasteiger partial charge in [-0.1, -0.05) is 43.1 Å². The quantitative estimate of drug-likeness (QED) is 0.694. The fraction of sp³-hybridized carbons (Fsp3) is 0. The first-order valence-electron chi connectivity index (χ1n) is 5.78. The Morgan fingerprint density at radius 3 is 2.50 bits per heavy atom. The molecule has 0 aliphatic rings. The maximum absolute atomic E-state index is 5.92. The molecule has 2 aromatic heterocycles. The standard InChI is InChI=1S/C14H9Br2N3O/c15-9-1-2-10(11(16)7-9)13-12(14(17)20-19-13)8-3-5-18-6-4-8/h1-7H,17H2. The highest BCUT2D eigenvalue weighted by molar-refractivity contribution is 9.11. The molecule has 0 bridgehead atoms. The van der Waals surface area contributed by atoms with Crippen molar-refractivity contribution < 1.29 is 4.52 Å². The van der Waals surface area contributed by atoms with E-state index in [1.807, 2.05) is 30.3 Å². The molecule has 3 aromatic rings. The molecule has 0 aliphatic carbocycles. The molecule has 0 amide bonds. The van der Waals surface area contributed by atoms with Crippen LogP contribution >= 0.6 is 31.9 Å². The highest BCUT2D eigenvalue weighted by Gasteiger charge is 2.19. The lowest BCUT2D eigenvalue weighted by Crippen LogP contribution is -1.88. The SMILES string of the molecule is Nc1onc(-c2ccc(Br)cc2Br)c1-c1ccncc1. The highest BCUT2D eigenvalue weighted by atomic mass is 79.9. The Labute approximate surface area is 132 Å². The molecule has 0 saturated heterocycles. The fourth-order valence-electron chi connectivity index (χ4n) is 1.97. The zero-order valence-electron chi connectivity index (χ0n) is 10.2. The van der Waals surface area contributed by atoms with Gasteiger partial charge in [0, 0.05) is 26.9 Å². The topological polar surface area (TPSA) is 64.9 Å². The minimum atomic E-state index is 0.293. The number of nitrogens with two attached hydrogens (primary N) is 1. The van der Waals surface area contributed by atoms with E-state index in [-0.39, 0.29) is 0 Å². The molecule has 20 heavy (non-hydrogen) atoms. The lowest BCUT2D eigenvalue weighted by molar-refractivity contribution is 0.439. The van der Waals surface area contributed by atoms with Crippen molar-refractivity contribution in [2.24, 2.45) is 0 Å². The van der Waals surface area contributed by atoms with Crippen LogP contribution in [-0.2, 0) is 0 Å². The first-order valence-corrected chi connectivity index (χ1v) is 7.36. The van der Waals surface area contributed by atoms with Gasteiger partial charge in [-0.15, -0.1) is 0 Å². The molecule has 2 heterocycles. The van der Waals surface area contributed by atoms with Crippen molar-refractivity contribution in [2.75, 3.05) is 5.73 Å². The van der Waals surface area contributed by atoms with Crippen LogP contribution < -0.4 is 5.73 Å². The maximum atomic E-state index is 5.92. The van der Waals surface area contributed by atoms with E-state index in [9.17, 15) is 0 Å². The Balaban J connectivity index is 2.21. The minimum absolute atomic E-state index is 0.293. The Morgan fingerprint density at radius 2 is 1.80 bits per heavy atom. The average molecular weight is 395 g/mol. The minimum Gasteiger partial charge on any atom is -0.367 e. The molecular weight excluding hydrogens is 386 g/mol. The third-order valence-corrected chi connectivity index (χ3v) is 4.02. The summed E-state index contributed by atoms with van der Waals surface area (Å²) in [4.78, 5) is 4.01. The predicted octanol–water partition coefficient (Wildman–Crippen LogP) is 4.51. The van der Waals surface area contributed by atoms with Crippen LogP contribution in [0, 0.1) is 0 Å². The molecule has 2 N–H and O–H groups in total. The van der Waals surface area contributed by atoms with Crippen molar-refractivity contribution in [3.8, 4) is 22.4 Å². The zero-order chi connectivity index (χ0) is 14.1. The van der Waals surface area contributed by atoms with Gasteiger partial charge in [-0.25, -0.2) is 0 Å². The molecule has 100 valence electrons. The summed E-state index contributed by atoms with van der Waals surface area (Å²) < 4.78 is 7.06. The molecule has 0 unspecified atom stereocenters.